The number of carbonyl (C=O) groups excluding carboxylic acids is 6. The van der Waals surface area contributed by atoms with Crippen molar-refractivity contribution in [2.75, 3.05) is 31.9 Å². The van der Waals surface area contributed by atoms with Gasteiger partial charge in [0.15, 0.2) is 29.1 Å². The van der Waals surface area contributed by atoms with E-state index in [0.29, 0.717) is 51.5 Å². The molecule has 0 atom stereocenters. The van der Waals surface area contributed by atoms with Gasteiger partial charge in [0.25, 0.3) is 11.8 Å². The molecule has 0 saturated carbocycles. The lowest BCUT2D eigenvalue weighted by Gasteiger charge is -2.19. The fourth-order valence-electron chi connectivity index (χ4n) is 10.3. The number of nitrogens with one attached hydrogen (secondary N) is 18. The fourth-order valence-corrected chi connectivity index (χ4v) is 10.3. The van der Waals surface area contributed by atoms with Crippen molar-refractivity contribution >= 4 is 105 Å². The number of aliphatic hydroxyl groups is 1. The van der Waals surface area contributed by atoms with Gasteiger partial charge in [-0.2, -0.15) is 29.9 Å². The average molecular weight is 1760 g/mol. The number of ketones is 2. The van der Waals surface area contributed by atoms with Gasteiger partial charge in [0.2, 0.25) is 41.6 Å². The maximum absolute atomic E-state index is 13.7. The minimum absolute atomic E-state index is 0.0153. The summed E-state index contributed by atoms with van der Waals surface area (Å²) in [4.78, 5) is 247. The smallest absolute Gasteiger partial charge is 0.352 e. The van der Waals surface area contributed by atoms with E-state index < -0.39 is 132 Å². The summed E-state index contributed by atoms with van der Waals surface area (Å²) in [7, 11) is 0. The zero-order valence-electron chi connectivity index (χ0n) is 66.2. The molecule has 658 valence electrons. The number of rotatable bonds is 23. The first-order valence-electron chi connectivity index (χ1n) is 36.0. The SMILES string of the molecule is CC(=O)Cc1ccc(Nc2nc(=O)[nH]c(=O)[nH]2)cc1.CC(C)(C)OC(=O)Cc1ccc(Nc2nc(=O)[nH]c(=O)[nH]2)cc1.Cc1ccc(C(N)=O)cc1Nc1nc(=O)[nH]c(=O)[nH]1.NC(=O)c1c(F)c(F)c(Nc2nc(=O)[nH]c(=O)[nH]2)c(F)c1F.NC(=O)c1ccccc1Nc1nc(=O)[nH]c(=O)[nH]1.O=C(Cc1ccccc1)c1ccc(CO)c(Nc2nc(=O)[nH]c(=O)[nH]2)c1. The van der Waals surface area contributed by atoms with Crippen LogP contribution in [0.5, 0.6) is 0 Å². The first kappa shape index (κ1) is 94.4. The van der Waals surface area contributed by atoms with Crippen molar-refractivity contribution in [2.24, 2.45) is 17.2 Å². The van der Waals surface area contributed by atoms with Crippen molar-refractivity contribution in [2.45, 2.75) is 66.1 Å². The predicted molar refractivity (Wildman–Crippen MR) is 446 cm³/mol. The Morgan fingerprint density at radius 1 is 0.386 bits per heavy atom. The molecule has 0 aliphatic carbocycles. The predicted octanol–water partition coefficient (Wildman–Crippen LogP) is 1.31. The monoisotopic (exact) mass is 1760 g/mol. The summed E-state index contributed by atoms with van der Waals surface area (Å²) in [6.45, 7) is 8.46. The highest BCUT2D eigenvalue weighted by Crippen LogP contribution is 2.30. The Bertz CT molecular complexity index is 6840. The lowest BCUT2D eigenvalue weighted by Crippen LogP contribution is -2.26. The second-order valence-corrected chi connectivity index (χ2v) is 26.6. The Balaban J connectivity index is 0.000000189. The minimum Gasteiger partial charge on any atom is -0.460 e. The summed E-state index contributed by atoms with van der Waals surface area (Å²) in [5.41, 5.74) is 9.33. The number of Topliss-reactive ketones (excluding diaryl/α,β-unsaturated/α-hetero) is 2. The highest BCUT2D eigenvalue weighted by Gasteiger charge is 2.29. The van der Waals surface area contributed by atoms with E-state index in [4.69, 9.17) is 16.2 Å². The molecule has 6 aromatic heterocycles. The molecule has 0 radical (unpaired) electrons. The second-order valence-electron chi connectivity index (χ2n) is 26.6. The van der Waals surface area contributed by atoms with Gasteiger partial charge < -0.3 is 58.9 Å². The molecule has 13 rings (SSSR count). The zero-order valence-corrected chi connectivity index (χ0v) is 66.2. The van der Waals surface area contributed by atoms with Crippen LogP contribution >= 0.6 is 0 Å². The molecule has 0 spiro atoms. The molecule has 0 aliphatic rings. The molecule has 0 unspecified atom stereocenters. The molecule has 127 heavy (non-hydrogen) atoms. The quantitative estimate of drug-likeness (QED) is 0.0186. The van der Waals surface area contributed by atoms with Crippen LogP contribution < -0.4 is 117 Å². The number of nitrogens with two attached hydrogens (primary N) is 3. The molecule has 7 aromatic carbocycles. The molecule has 51 heteroatoms. The van der Waals surface area contributed by atoms with Crippen LogP contribution in [0.3, 0.4) is 0 Å². The Morgan fingerprint density at radius 2 is 0.748 bits per heavy atom. The number of aliphatic hydroxyl groups excluding tert-OH is 1. The number of benzene rings is 7. The number of hydrogen-bond acceptors (Lipinski definition) is 32. The van der Waals surface area contributed by atoms with Crippen molar-refractivity contribution in [3.05, 3.63) is 339 Å². The number of esters is 1. The van der Waals surface area contributed by atoms with Crippen LogP contribution in [0.4, 0.5) is 87.4 Å². The molecule has 3 amide bonds. The topological polar surface area (TPSA) is 754 Å². The van der Waals surface area contributed by atoms with E-state index in [9.17, 15) is 109 Å². The Hall–Kier alpha value is -18.1. The van der Waals surface area contributed by atoms with E-state index >= 15 is 0 Å². The molecule has 13 aromatic rings. The Labute approximate surface area is 702 Å². The third-order valence-electron chi connectivity index (χ3n) is 15.7. The summed E-state index contributed by atoms with van der Waals surface area (Å²) in [6.07, 6.45) is 0.775. The van der Waals surface area contributed by atoms with Gasteiger partial charge in [-0.25, -0.2) is 75.1 Å². The Kier molecular flexibility index (Phi) is 32.1. The summed E-state index contributed by atoms with van der Waals surface area (Å²) >= 11 is 0. The number of hydrogen-bond donors (Lipinski definition) is 22. The number of aromatic amines is 12. The van der Waals surface area contributed by atoms with E-state index in [0.717, 1.165) is 22.3 Å². The van der Waals surface area contributed by atoms with E-state index in [1.165, 1.54) is 19.1 Å². The summed E-state index contributed by atoms with van der Waals surface area (Å²) < 4.78 is 59.7. The number of ether oxygens (including phenoxy) is 1. The van der Waals surface area contributed by atoms with Crippen molar-refractivity contribution in [1.29, 1.82) is 0 Å². The number of aryl methyl sites for hydroxylation is 1. The van der Waals surface area contributed by atoms with Gasteiger partial charge in [-0.15, -0.1) is 0 Å². The molecule has 6 heterocycles. The van der Waals surface area contributed by atoms with Crippen LogP contribution in [-0.4, -0.2) is 136 Å². The van der Waals surface area contributed by atoms with Crippen LogP contribution in [0, 0.1) is 30.2 Å². The highest BCUT2D eigenvalue weighted by atomic mass is 19.2. The molecule has 25 N–H and O–H groups in total. The van der Waals surface area contributed by atoms with E-state index in [2.05, 4.69) is 87.1 Å². The van der Waals surface area contributed by atoms with Crippen LogP contribution in [0.1, 0.15) is 96.9 Å². The average Bonchev–Trinajstić information content (AvgIpc) is 0.777. The van der Waals surface area contributed by atoms with Crippen molar-refractivity contribution < 1.29 is 56.2 Å². The van der Waals surface area contributed by atoms with Crippen molar-refractivity contribution in [3.63, 3.8) is 0 Å². The molecule has 0 bridgehead atoms. The fraction of sp³-hybridized carbons (Fsp3) is 0.132. The first-order valence-corrected chi connectivity index (χ1v) is 36.0. The van der Waals surface area contributed by atoms with Gasteiger partial charge in [-0.1, -0.05) is 84.9 Å². The third-order valence-corrected chi connectivity index (χ3v) is 15.7. The van der Waals surface area contributed by atoms with Crippen LogP contribution in [-0.2, 0) is 40.2 Å². The summed E-state index contributed by atoms with van der Waals surface area (Å²) in [5, 5.41) is 25.0. The van der Waals surface area contributed by atoms with Gasteiger partial charge in [0.1, 0.15) is 22.6 Å². The second kappa shape index (κ2) is 43.2. The van der Waals surface area contributed by atoms with Crippen LogP contribution in [0.15, 0.2) is 197 Å². The number of H-pyrrole nitrogens is 12. The molecule has 0 aliphatic heterocycles. The largest absolute Gasteiger partial charge is 0.460 e. The highest BCUT2D eigenvalue weighted by molar-refractivity contribution is 6.00. The number of carbonyl (C=O) groups is 6. The van der Waals surface area contributed by atoms with Gasteiger partial charge in [0, 0.05) is 52.3 Å². The van der Waals surface area contributed by atoms with E-state index in [-0.39, 0.29) is 72.3 Å². The molecule has 47 nitrogen and oxygen atoms in total. The number of anilines is 12. The number of para-hydroxylation sites is 1. The molecular formula is C76H71F4N27O20. The lowest BCUT2D eigenvalue weighted by molar-refractivity contribution is -0.153. The molecule has 0 fully saturated rings. The molecule has 0 saturated heterocycles. The van der Waals surface area contributed by atoms with E-state index in [1.54, 1.807) is 114 Å². The van der Waals surface area contributed by atoms with Crippen LogP contribution in [0.2, 0.25) is 0 Å². The maximum atomic E-state index is 13.7. The maximum Gasteiger partial charge on any atom is 0.352 e. The van der Waals surface area contributed by atoms with Crippen molar-refractivity contribution in [3.8, 4) is 0 Å². The number of amides is 3. The minimum atomic E-state index is -2.04. The number of nitrogens with zero attached hydrogens (tertiary/aromatic N) is 6. The zero-order chi connectivity index (χ0) is 93.1. The van der Waals surface area contributed by atoms with Crippen LogP contribution in [0.25, 0.3) is 0 Å². The molecular weight excluding hydrogens is 1690 g/mol. The van der Waals surface area contributed by atoms with Gasteiger partial charge in [0.05, 0.1) is 24.3 Å². The van der Waals surface area contributed by atoms with Gasteiger partial charge in [-0.3, -0.25) is 88.6 Å². The normalized spacial score (nSPS) is 10.4. The number of primary amides is 3. The first-order chi connectivity index (χ1) is 60.0. The van der Waals surface area contributed by atoms with Gasteiger partial charge in [-0.05, 0) is 111 Å². The summed E-state index contributed by atoms with van der Waals surface area (Å²) in [6, 6.07) is 39.2. The van der Waals surface area contributed by atoms with Gasteiger partial charge >= 0.3 is 74.2 Å². The summed E-state index contributed by atoms with van der Waals surface area (Å²) in [5.74, 6) is -12.2. The third kappa shape index (κ3) is 29.7. The standard InChI is InChI=1S/C18H16N4O4.C15H18N4O4.C12H12N4O3.C11H11N5O3.C10H5F4N5O3.C10H9N5O3/c23-10-13-7-6-12(15(24)8-11-4-2-1-3-5-11)9-14(13)19-16-20-17(25)22-18(26)21-16;1-15(2,3)23-11(20)8-9-4-6-10(7-5-9)16-12-17-13(21)19-14(22)18-12;1-7(17)6-8-2-4-9(5-3-8)13-10-14-11(18)16-12(19)15-10;1-5-2-3-6(8(12)17)4-7(5)13-9-14-10(18)16-11(19)15-9;11-2-1(7(15)20)3(12)5(14)6(4(2)13)16-8-17-9(21)19-10(22)18-8;11-7(16)5-3-1-2-4-6(5)12-8-13-9(17)15-10(18)14-8/h1-7,9,23H,8,10H2,(H3,19,20,21,22,25,26);4-7H,8H2,1-3H3,(H3,16,17,18,19,21,22);2-5H,6H2,1H3,(H3,13,14,15,16,18,19);2-4H,1H3,(H2,12,17)(H3,13,14,15,16,18,19);(H2,15,20)(H3,16,17,18,19,21,22);1-4H,(H2,11,16)(H3,12,13,14,15,17,18). The number of halogens is 4. The Morgan fingerprint density at radius 3 is 1.13 bits per heavy atom. The van der Waals surface area contributed by atoms with Crippen molar-refractivity contribution in [1.82, 2.24) is 89.7 Å². The van der Waals surface area contributed by atoms with E-state index in [1.807, 2.05) is 81.0 Å². The lowest BCUT2D eigenvalue weighted by atomic mass is 10.0. The number of aromatic nitrogens is 18.